The van der Waals surface area contributed by atoms with E-state index in [4.69, 9.17) is 28.9 Å². The van der Waals surface area contributed by atoms with E-state index in [9.17, 15) is 0 Å². The highest BCUT2D eigenvalue weighted by molar-refractivity contribution is 6.35. The Balaban J connectivity index is 2.90. The molecule has 1 rings (SSSR count). The predicted octanol–water partition coefficient (Wildman–Crippen LogP) is 3.91. The van der Waals surface area contributed by atoms with Crippen LogP contribution in [0.25, 0.3) is 0 Å². The van der Waals surface area contributed by atoms with Gasteiger partial charge in [0.15, 0.2) is 0 Å². The van der Waals surface area contributed by atoms with Gasteiger partial charge in [-0.3, -0.25) is 0 Å². The number of benzene rings is 1. The first-order valence-corrected chi connectivity index (χ1v) is 5.76. The number of hydrogen-bond acceptors (Lipinski definition) is 1. The van der Waals surface area contributed by atoms with Crippen molar-refractivity contribution in [2.24, 2.45) is 11.1 Å². The van der Waals surface area contributed by atoms with Crippen molar-refractivity contribution < 1.29 is 0 Å². The molecule has 0 fully saturated rings. The van der Waals surface area contributed by atoms with E-state index in [2.05, 4.69) is 20.8 Å². The largest absolute Gasteiger partial charge is 0.327 e. The zero-order chi connectivity index (χ0) is 11.6. The van der Waals surface area contributed by atoms with Gasteiger partial charge in [-0.15, -0.1) is 0 Å². The first-order valence-electron chi connectivity index (χ1n) is 5.01. The second-order valence-electron chi connectivity index (χ2n) is 4.88. The van der Waals surface area contributed by atoms with Crippen LogP contribution in [0.2, 0.25) is 10.0 Å². The van der Waals surface area contributed by atoms with Gasteiger partial charge in [0.2, 0.25) is 0 Å². The van der Waals surface area contributed by atoms with Gasteiger partial charge in [0, 0.05) is 16.1 Å². The summed E-state index contributed by atoms with van der Waals surface area (Å²) in [5.74, 6) is 0. The maximum Gasteiger partial charge on any atom is 0.0453 e. The van der Waals surface area contributed by atoms with Crippen molar-refractivity contribution >= 4 is 23.2 Å². The number of halogens is 2. The van der Waals surface area contributed by atoms with Crippen LogP contribution in [-0.4, -0.2) is 6.04 Å². The second-order valence-corrected chi connectivity index (χ2v) is 5.69. The zero-order valence-electron chi connectivity index (χ0n) is 9.35. The van der Waals surface area contributed by atoms with E-state index in [0.717, 1.165) is 5.56 Å². The average molecular weight is 246 g/mol. The fourth-order valence-corrected chi connectivity index (χ4v) is 1.81. The van der Waals surface area contributed by atoms with Crippen LogP contribution in [0.3, 0.4) is 0 Å². The van der Waals surface area contributed by atoms with Crippen LogP contribution in [0.1, 0.15) is 26.3 Å². The molecule has 0 heterocycles. The van der Waals surface area contributed by atoms with E-state index < -0.39 is 0 Å². The molecule has 0 aliphatic rings. The molecule has 1 atom stereocenters. The van der Waals surface area contributed by atoms with Crippen molar-refractivity contribution in [3.63, 3.8) is 0 Å². The Hall–Kier alpha value is -0.240. The summed E-state index contributed by atoms with van der Waals surface area (Å²) in [4.78, 5) is 0. The van der Waals surface area contributed by atoms with Crippen molar-refractivity contribution in [2.75, 3.05) is 0 Å². The molecule has 0 aliphatic carbocycles. The average Bonchev–Trinajstić information content (AvgIpc) is 2.09. The lowest BCUT2D eigenvalue weighted by Crippen LogP contribution is -2.37. The Morgan fingerprint density at radius 1 is 1.20 bits per heavy atom. The molecule has 0 saturated heterocycles. The van der Waals surface area contributed by atoms with Gasteiger partial charge < -0.3 is 5.73 Å². The first kappa shape index (κ1) is 12.8. The minimum Gasteiger partial charge on any atom is -0.327 e. The topological polar surface area (TPSA) is 26.0 Å². The maximum atomic E-state index is 6.10. The molecular weight excluding hydrogens is 229 g/mol. The summed E-state index contributed by atoms with van der Waals surface area (Å²) in [5.41, 5.74) is 7.11. The molecule has 0 amide bonds. The van der Waals surface area contributed by atoms with Crippen molar-refractivity contribution in [3.05, 3.63) is 33.8 Å². The lowest BCUT2D eigenvalue weighted by Gasteiger charge is -2.27. The highest BCUT2D eigenvalue weighted by Gasteiger charge is 2.22. The van der Waals surface area contributed by atoms with Crippen LogP contribution in [0, 0.1) is 5.41 Å². The van der Waals surface area contributed by atoms with Crippen molar-refractivity contribution in [1.29, 1.82) is 0 Å². The SMILES string of the molecule is CC(C)(C)C(N)Cc1c(Cl)cccc1Cl. The normalized spacial score (nSPS) is 14.0. The zero-order valence-corrected chi connectivity index (χ0v) is 10.9. The summed E-state index contributed by atoms with van der Waals surface area (Å²) in [6, 6.07) is 5.59. The third-order valence-corrected chi connectivity index (χ3v) is 3.31. The molecule has 0 aromatic heterocycles. The van der Waals surface area contributed by atoms with Crippen LogP contribution in [0.5, 0.6) is 0 Å². The molecule has 15 heavy (non-hydrogen) atoms. The minimum absolute atomic E-state index is 0.0508. The summed E-state index contributed by atoms with van der Waals surface area (Å²) in [6.45, 7) is 6.34. The van der Waals surface area contributed by atoms with E-state index in [0.29, 0.717) is 16.5 Å². The van der Waals surface area contributed by atoms with E-state index in [1.165, 1.54) is 0 Å². The Morgan fingerprint density at radius 3 is 2.07 bits per heavy atom. The molecule has 0 aliphatic heterocycles. The minimum atomic E-state index is 0.0508. The van der Waals surface area contributed by atoms with Crippen molar-refractivity contribution in [2.45, 2.75) is 33.2 Å². The van der Waals surface area contributed by atoms with Gasteiger partial charge in [-0.05, 0) is 29.5 Å². The van der Waals surface area contributed by atoms with Crippen LogP contribution in [0.15, 0.2) is 18.2 Å². The van der Waals surface area contributed by atoms with E-state index in [-0.39, 0.29) is 11.5 Å². The first-order chi connectivity index (χ1) is 6.82. The fraction of sp³-hybridized carbons (Fsp3) is 0.500. The van der Waals surface area contributed by atoms with Gasteiger partial charge in [-0.25, -0.2) is 0 Å². The van der Waals surface area contributed by atoms with Gasteiger partial charge in [0.25, 0.3) is 0 Å². The summed E-state index contributed by atoms with van der Waals surface area (Å²) in [7, 11) is 0. The molecular formula is C12H17Cl2N. The third kappa shape index (κ3) is 3.37. The van der Waals surface area contributed by atoms with Crippen LogP contribution >= 0.6 is 23.2 Å². The van der Waals surface area contributed by atoms with Crippen LogP contribution in [-0.2, 0) is 6.42 Å². The fourth-order valence-electron chi connectivity index (χ4n) is 1.25. The molecule has 84 valence electrons. The van der Waals surface area contributed by atoms with Crippen LogP contribution < -0.4 is 5.73 Å². The van der Waals surface area contributed by atoms with Gasteiger partial charge in [0.1, 0.15) is 0 Å². The molecule has 0 radical (unpaired) electrons. The smallest absolute Gasteiger partial charge is 0.0453 e. The second kappa shape index (κ2) is 4.73. The molecule has 0 spiro atoms. The Bertz CT molecular complexity index is 322. The van der Waals surface area contributed by atoms with E-state index in [1.54, 1.807) is 0 Å². The molecule has 1 aromatic rings. The third-order valence-electron chi connectivity index (χ3n) is 2.60. The van der Waals surface area contributed by atoms with Crippen molar-refractivity contribution in [1.82, 2.24) is 0 Å². The molecule has 0 saturated carbocycles. The Morgan fingerprint density at radius 2 is 1.67 bits per heavy atom. The molecule has 1 unspecified atom stereocenters. The van der Waals surface area contributed by atoms with Crippen LogP contribution in [0.4, 0.5) is 0 Å². The lowest BCUT2D eigenvalue weighted by atomic mass is 9.84. The Kier molecular flexibility index (Phi) is 4.05. The quantitative estimate of drug-likeness (QED) is 0.841. The number of hydrogen-bond donors (Lipinski definition) is 1. The maximum absolute atomic E-state index is 6.10. The molecule has 2 N–H and O–H groups in total. The van der Waals surface area contributed by atoms with Gasteiger partial charge >= 0.3 is 0 Å². The van der Waals surface area contributed by atoms with E-state index >= 15 is 0 Å². The molecule has 0 bridgehead atoms. The molecule has 1 aromatic carbocycles. The van der Waals surface area contributed by atoms with Gasteiger partial charge in [0.05, 0.1) is 0 Å². The number of nitrogens with two attached hydrogens (primary N) is 1. The highest BCUT2D eigenvalue weighted by Crippen LogP contribution is 2.29. The predicted molar refractivity (Wildman–Crippen MR) is 67.6 cm³/mol. The molecule has 1 nitrogen and oxygen atoms in total. The van der Waals surface area contributed by atoms with Gasteiger partial charge in [-0.1, -0.05) is 50.0 Å². The standard InChI is InChI=1S/C12H17Cl2N/c1-12(2,3)11(15)7-8-9(13)5-4-6-10(8)14/h4-6,11H,7,15H2,1-3H3. The van der Waals surface area contributed by atoms with E-state index in [1.807, 2.05) is 18.2 Å². The molecule has 3 heteroatoms. The van der Waals surface area contributed by atoms with Gasteiger partial charge in [-0.2, -0.15) is 0 Å². The summed E-state index contributed by atoms with van der Waals surface area (Å²) >= 11 is 12.2. The van der Waals surface area contributed by atoms with Crippen molar-refractivity contribution in [3.8, 4) is 0 Å². The summed E-state index contributed by atoms with van der Waals surface area (Å²) in [6.07, 6.45) is 0.710. The Labute approximate surface area is 102 Å². The monoisotopic (exact) mass is 245 g/mol. The summed E-state index contributed by atoms with van der Waals surface area (Å²) in [5, 5.41) is 1.39. The number of rotatable bonds is 2. The lowest BCUT2D eigenvalue weighted by molar-refractivity contribution is 0.318. The summed E-state index contributed by atoms with van der Waals surface area (Å²) < 4.78 is 0. The highest BCUT2D eigenvalue weighted by atomic mass is 35.5.